The van der Waals surface area contributed by atoms with Crippen molar-refractivity contribution in [2.75, 3.05) is 15.2 Å². The van der Waals surface area contributed by atoms with Crippen molar-refractivity contribution in [2.45, 2.75) is 4.33 Å². The highest BCUT2D eigenvalue weighted by atomic mass is 32.2. The third kappa shape index (κ3) is 4.49. The van der Waals surface area contributed by atoms with Gasteiger partial charge in [0, 0.05) is 11.4 Å². The van der Waals surface area contributed by atoms with Crippen LogP contribution in [-0.2, 0) is 9.59 Å². The van der Waals surface area contributed by atoms with Crippen LogP contribution in [0.4, 0.5) is 17.1 Å². The summed E-state index contributed by atoms with van der Waals surface area (Å²) >= 11 is 2.65. The van der Waals surface area contributed by atoms with Gasteiger partial charge in [-0.2, -0.15) is 5.10 Å². The van der Waals surface area contributed by atoms with Crippen molar-refractivity contribution in [3.8, 4) is 0 Å². The van der Waals surface area contributed by atoms with E-state index in [4.69, 9.17) is 5.10 Å². The number of thioether (sulfide) groups is 2. The minimum Gasteiger partial charge on any atom is -0.320 e. The summed E-state index contributed by atoms with van der Waals surface area (Å²) < 4.78 is -1.08. The van der Waals surface area contributed by atoms with Gasteiger partial charge in [-0.3, -0.25) is 14.5 Å². The van der Waals surface area contributed by atoms with Crippen LogP contribution in [0.5, 0.6) is 0 Å². The quantitative estimate of drug-likeness (QED) is 0.291. The molecule has 1 atom stereocenters. The van der Waals surface area contributed by atoms with Crippen molar-refractivity contribution < 1.29 is 9.59 Å². The Bertz CT molecular complexity index is 1530. The fourth-order valence-electron chi connectivity index (χ4n) is 4.26. The first-order valence-electron chi connectivity index (χ1n) is 12.0. The van der Waals surface area contributed by atoms with E-state index in [1.165, 1.54) is 23.5 Å². The second-order valence-corrected chi connectivity index (χ2v) is 11.2. The van der Waals surface area contributed by atoms with Crippen LogP contribution in [0.15, 0.2) is 131 Å². The van der Waals surface area contributed by atoms with E-state index in [0.29, 0.717) is 10.6 Å². The summed E-state index contributed by atoms with van der Waals surface area (Å²) in [5.41, 5.74) is 3.08. The Morgan fingerprint density at radius 1 is 0.737 bits per heavy atom. The number of anilines is 3. The first kappa shape index (κ1) is 24.1. The van der Waals surface area contributed by atoms with Crippen LogP contribution in [0.1, 0.15) is 5.56 Å². The fourth-order valence-corrected chi connectivity index (χ4v) is 7.13. The zero-order valence-electron chi connectivity index (χ0n) is 20.1. The molecule has 1 spiro atoms. The molecule has 186 valence electrons. The Morgan fingerprint density at radius 2 is 1.29 bits per heavy atom. The number of carbonyl (C=O) groups excluding carboxylic acids is 2. The average Bonchev–Trinajstić information content (AvgIpc) is 3.47. The molecule has 2 aliphatic heterocycles. The summed E-state index contributed by atoms with van der Waals surface area (Å²) in [6.45, 7) is 0. The number of nitrogens with one attached hydrogen (secondary N) is 1. The summed E-state index contributed by atoms with van der Waals surface area (Å²) in [5, 5.41) is 9.78. The Balaban J connectivity index is 1.46. The molecule has 1 unspecified atom stereocenters. The molecule has 0 aromatic heterocycles. The van der Waals surface area contributed by atoms with Gasteiger partial charge in [0.25, 0.3) is 11.8 Å². The van der Waals surface area contributed by atoms with Gasteiger partial charge >= 0.3 is 0 Å². The van der Waals surface area contributed by atoms with Crippen LogP contribution in [0, 0.1) is 0 Å². The number of hydrogen-bond acceptors (Lipinski definition) is 6. The lowest BCUT2D eigenvalue weighted by Gasteiger charge is -2.38. The van der Waals surface area contributed by atoms with Crippen LogP contribution in [0.25, 0.3) is 6.08 Å². The molecule has 4 aromatic carbocycles. The van der Waals surface area contributed by atoms with Crippen LogP contribution in [0.2, 0.25) is 0 Å². The van der Waals surface area contributed by atoms with Gasteiger partial charge in [0.15, 0.2) is 5.04 Å². The summed E-state index contributed by atoms with van der Waals surface area (Å²) in [6.07, 6.45) is 1.89. The Morgan fingerprint density at radius 3 is 1.92 bits per heavy atom. The van der Waals surface area contributed by atoms with E-state index in [-0.39, 0.29) is 16.9 Å². The van der Waals surface area contributed by atoms with Gasteiger partial charge in [-0.05, 0) is 59.8 Å². The number of rotatable bonds is 5. The summed E-state index contributed by atoms with van der Waals surface area (Å²) in [5.74, 6) is -0.487. The average molecular weight is 535 g/mol. The summed E-state index contributed by atoms with van der Waals surface area (Å²) in [6, 6.07) is 38.1. The molecule has 6 nitrogen and oxygen atoms in total. The van der Waals surface area contributed by atoms with E-state index in [1.807, 2.05) is 127 Å². The molecule has 2 heterocycles. The van der Waals surface area contributed by atoms with Crippen molar-refractivity contribution in [2.24, 2.45) is 5.10 Å². The van der Waals surface area contributed by atoms with Crippen molar-refractivity contribution in [3.63, 3.8) is 0 Å². The second kappa shape index (κ2) is 10.2. The van der Waals surface area contributed by atoms with Crippen LogP contribution in [-0.4, -0.2) is 21.2 Å². The lowest BCUT2D eigenvalue weighted by molar-refractivity contribution is -0.114. The molecule has 0 saturated carbocycles. The second-order valence-electron chi connectivity index (χ2n) is 8.52. The standard InChI is InChI=1S/C30H22N4O2S2/c35-27(31-23-15-7-2-8-16-23)28-32-34(25-19-11-4-12-20-25)30(38-28)33(24-17-9-3-10-18-24)29(36)26(37-30)21-22-13-5-1-6-14-22/h1-21H,(H,31,35). The van der Waals surface area contributed by atoms with E-state index in [0.717, 1.165) is 16.9 Å². The number of carbonyl (C=O) groups is 2. The van der Waals surface area contributed by atoms with Crippen molar-refractivity contribution >= 4 is 63.5 Å². The number of para-hydroxylation sites is 3. The van der Waals surface area contributed by atoms with Crippen LogP contribution < -0.4 is 15.2 Å². The monoisotopic (exact) mass is 534 g/mol. The smallest absolute Gasteiger partial charge is 0.282 e. The zero-order chi connectivity index (χ0) is 26.0. The largest absolute Gasteiger partial charge is 0.320 e. The molecular formula is C30H22N4O2S2. The maximum absolute atomic E-state index is 14.1. The lowest BCUT2D eigenvalue weighted by Crippen LogP contribution is -2.51. The number of amides is 2. The molecule has 4 aromatic rings. The molecule has 0 radical (unpaired) electrons. The fraction of sp³-hybridized carbons (Fsp3) is 0.0333. The SMILES string of the molecule is O=C(Nc1ccccc1)C1=NN(c2ccccc2)C2(SC(=Cc3ccccc3)C(=O)N2c2ccccc2)S1. The highest BCUT2D eigenvalue weighted by Crippen LogP contribution is 2.59. The Hall–Kier alpha value is -4.27. The van der Waals surface area contributed by atoms with E-state index < -0.39 is 4.33 Å². The molecule has 6 rings (SSSR count). The van der Waals surface area contributed by atoms with Gasteiger partial charge < -0.3 is 5.32 Å². The highest BCUT2D eigenvalue weighted by Gasteiger charge is 2.60. The molecule has 38 heavy (non-hydrogen) atoms. The molecule has 0 bridgehead atoms. The van der Waals surface area contributed by atoms with Gasteiger partial charge in [0.05, 0.1) is 10.6 Å². The van der Waals surface area contributed by atoms with Crippen LogP contribution in [0.3, 0.4) is 0 Å². The predicted octanol–water partition coefficient (Wildman–Crippen LogP) is 6.62. The third-order valence-electron chi connectivity index (χ3n) is 5.97. The maximum Gasteiger partial charge on any atom is 0.282 e. The van der Waals surface area contributed by atoms with Crippen molar-refractivity contribution in [3.05, 3.63) is 132 Å². The first-order valence-corrected chi connectivity index (χ1v) is 13.6. The maximum atomic E-state index is 14.1. The van der Waals surface area contributed by atoms with Gasteiger partial charge in [-0.1, -0.05) is 96.7 Å². The van der Waals surface area contributed by atoms with E-state index in [2.05, 4.69) is 5.32 Å². The normalized spacial score (nSPS) is 19.7. The predicted molar refractivity (Wildman–Crippen MR) is 158 cm³/mol. The van der Waals surface area contributed by atoms with E-state index in [1.54, 1.807) is 9.91 Å². The number of nitrogens with zero attached hydrogens (tertiary/aromatic N) is 3. The number of hydrazone groups is 1. The van der Waals surface area contributed by atoms with Gasteiger partial charge in [0.2, 0.25) is 4.33 Å². The number of hydrogen-bond donors (Lipinski definition) is 1. The molecule has 1 saturated heterocycles. The molecule has 2 aliphatic rings. The molecule has 1 fully saturated rings. The highest BCUT2D eigenvalue weighted by molar-refractivity contribution is 8.29. The molecular weight excluding hydrogens is 512 g/mol. The third-order valence-corrected chi connectivity index (χ3v) is 8.68. The molecule has 1 N–H and O–H groups in total. The minimum atomic E-state index is -1.08. The Kier molecular flexibility index (Phi) is 6.49. The summed E-state index contributed by atoms with van der Waals surface area (Å²) in [4.78, 5) is 29.8. The van der Waals surface area contributed by atoms with Gasteiger partial charge in [-0.15, -0.1) is 0 Å². The molecule has 0 aliphatic carbocycles. The van der Waals surface area contributed by atoms with Crippen molar-refractivity contribution in [1.82, 2.24) is 0 Å². The van der Waals surface area contributed by atoms with Gasteiger partial charge in [0.1, 0.15) is 0 Å². The van der Waals surface area contributed by atoms with Crippen LogP contribution >= 0.6 is 23.5 Å². The Labute approximate surface area is 229 Å². The van der Waals surface area contributed by atoms with E-state index in [9.17, 15) is 9.59 Å². The first-order chi connectivity index (χ1) is 18.6. The topological polar surface area (TPSA) is 65.0 Å². The lowest BCUT2D eigenvalue weighted by atomic mass is 10.2. The number of benzene rings is 4. The van der Waals surface area contributed by atoms with Gasteiger partial charge in [-0.25, -0.2) is 5.01 Å². The van der Waals surface area contributed by atoms with Crippen molar-refractivity contribution in [1.29, 1.82) is 0 Å². The minimum absolute atomic E-state index is 0.154. The molecule has 2 amide bonds. The zero-order valence-corrected chi connectivity index (χ0v) is 21.7. The molecule has 8 heteroatoms. The van der Waals surface area contributed by atoms with E-state index >= 15 is 0 Å². The summed E-state index contributed by atoms with van der Waals surface area (Å²) in [7, 11) is 0.